The van der Waals surface area contributed by atoms with Crippen LogP contribution in [0.15, 0.2) is 0 Å². The molecule has 0 amide bonds. The van der Waals surface area contributed by atoms with Crippen molar-refractivity contribution < 1.29 is 14.3 Å². The first kappa shape index (κ1) is 15.4. The van der Waals surface area contributed by atoms with Crippen molar-refractivity contribution in [3.05, 3.63) is 0 Å². The van der Waals surface area contributed by atoms with Gasteiger partial charge < -0.3 is 15.2 Å². The number of ether oxygens (including phenoxy) is 2. The number of nitrogens with two attached hydrogens (primary N) is 1. The largest absolute Gasteiger partial charge is 0.464 e. The highest BCUT2D eigenvalue weighted by Crippen LogP contribution is 2.13. The number of hydrogen-bond donors (Lipinski definition) is 1. The van der Waals surface area contributed by atoms with Gasteiger partial charge in [-0.05, 0) is 26.2 Å². The van der Waals surface area contributed by atoms with Gasteiger partial charge in [0.05, 0.1) is 12.2 Å². The molecule has 4 nitrogen and oxygen atoms in total. The Morgan fingerprint density at radius 2 is 1.94 bits per heavy atom. The maximum atomic E-state index is 11.5. The second kappa shape index (κ2) is 6.86. The van der Waals surface area contributed by atoms with E-state index in [-0.39, 0.29) is 11.6 Å². The fourth-order valence-electron chi connectivity index (χ4n) is 1.21. The SMILES string of the molecule is COC(C)(C)CCOC(=O)C(N)CC(C)C. The van der Waals surface area contributed by atoms with Crippen LogP contribution in [-0.4, -0.2) is 31.3 Å². The summed E-state index contributed by atoms with van der Waals surface area (Å²) in [6, 6.07) is -0.509. The van der Waals surface area contributed by atoms with Crippen molar-refractivity contribution in [2.75, 3.05) is 13.7 Å². The lowest BCUT2D eigenvalue weighted by atomic mass is 10.0. The van der Waals surface area contributed by atoms with Gasteiger partial charge in [-0.3, -0.25) is 4.79 Å². The molecule has 0 radical (unpaired) electrons. The molecule has 0 aliphatic heterocycles. The summed E-state index contributed by atoms with van der Waals surface area (Å²) < 4.78 is 10.3. The van der Waals surface area contributed by atoms with Crippen molar-refractivity contribution in [1.29, 1.82) is 0 Å². The molecule has 0 aromatic carbocycles. The number of esters is 1. The van der Waals surface area contributed by atoms with Crippen LogP contribution in [0.4, 0.5) is 0 Å². The second-order valence-electron chi connectivity index (χ2n) is 5.12. The van der Waals surface area contributed by atoms with Crippen LogP contribution in [0.2, 0.25) is 0 Å². The Morgan fingerprint density at radius 1 is 1.38 bits per heavy atom. The number of rotatable bonds is 7. The minimum Gasteiger partial charge on any atom is -0.464 e. The molecule has 96 valence electrons. The van der Waals surface area contributed by atoms with Crippen LogP contribution in [0, 0.1) is 5.92 Å². The van der Waals surface area contributed by atoms with Crippen molar-refractivity contribution >= 4 is 5.97 Å². The number of hydrogen-bond acceptors (Lipinski definition) is 4. The highest BCUT2D eigenvalue weighted by atomic mass is 16.5. The van der Waals surface area contributed by atoms with Crippen LogP contribution < -0.4 is 5.73 Å². The molecule has 2 N–H and O–H groups in total. The first-order chi connectivity index (χ1) is 7.28. The molecule has 0 aliphatic carbocycles. The molecule has 16 heavy (non-hydrogen) atoms. The summed E-state index contributed by atoms with van der Waals surface area (Å²) >= 11 is 0. The van der Waals surface area contributed by atoms with Crippen LogP contribution in [-0.2, 0) is 14.3 Å². The van der Waals surface area contributed by atoms with Crippen LogP contribution in [0.3, 0.4) is 0 Å². The summed E-state index contributed by atoms with van der Waals surface area (Å²) in [5.41, 5.74) is 5.43. The van der Waals surface area contributed by atoms with E-state index in [0.29, 0.717) is 25.4 Å². The molecule has 0 rings (SSSR count). The van der Waals surface area contributed by atoms with E-state index in [1.165, 1.54) is 0 Å². The number of methoxy groups -OCH3 is 1. The summed E-state index contributed by atoms with van der Waals surface area (Å²) in [4.78, 5) is 11.5. The topological polar surface area (TPSA) is 61.5 Å². The quantitative estimate of drug-likeness (QED) is 0.678. The fourth-order valence-corrected chi connectivity index (χ4v) is 1.21. The Hall–Kier alpha value is -0.610. The summed E-state index contributed by atoms with van der Waals surface area (Å²) in [5.74, 6) is 0.0820. The lowest BCUT2D eigenvalue weighted by molar-refractivity contribution is -0.147. The highest BCUT2D eigenvalue weighted by Gasteiger charge is 2.20. The standard InChI is InChI=1S/C12H25NO3/c1-9(2)8-10(13)11(14)16-7-6-12(3,4)15-5/h9-10H,6-8,13H2,1-5H3. The lowest BCUT2D eigenvalue weighted by Gasteiger charge is -2.22. The second-order valence-corrected chi connectivity index (χ2v) is 5.12. The van der Waals surface area contributed by atoms with Gasteiger partial charge in [-0.25, -0.2) is 0 Å². The van der Waals surface area contributed by atoms with Gasteiger partial charge in [-0.15, -0.1) is 0 Å². The third-order valence-corrected chi connectivity index (χ3v) is 2.53. The van der Waals surface area contributed by atoms with E-state index >= 15 is 0 Å². The minimum atomic E-state index is -0.509. The van der Waals surface area contributed by atoms with E-state index < -0.39 is 6.04 Å². The molecule has 0 aromatic heterocycles. The van der Waals surface area contributed by atoms with Gasteiger partial charge in [-0.1, -0.05) is 13.8 Å². The summed E-state index contributed by atoms with van der Waals surface area (Å²) in [6.07, 6.45) is 1.33. The molecule has 0 aliphatic rings. The van der Waals surface area contributed by atoms with Crippen molar-refractivity contribution in [3.63, 3.8) is 0 Å². The molecular formula is C12H25NO3. The third kappa shape index (κ3) is 6.80. The van der Waals surface area contributed by atoms with E-state index in [4.69, 9.17) is 15.2 Å². The van der Waals surface area contributed by atoms with Gasteiger partial charge in [0, 0.05) is 13.5 Å². The van der Waals surface area contributed by atoms with Crippen LogP contribution >= 0.6 is 0 Å². The van der Waals surface area contributed by atoms with E-state index in [2.05, 4.69) is 0 Å². The third-order valence-electron chi connectivity index (χ3n) is 2.53. The van der Waals surface area contributed by atoms with Gasteiger partial charge in [-0.2, -0.15) is 0 Å². The van der Waals surface area contributed by atoms with Gasteiger partial charge >= 0.3 is 5.97 Å². The number of carbonyl (C=O) groups excluding carboxylic acids is 1. The average Bonchev–Trinajstić information content (AvgIpc) is 2.16. The Labute approximate surface area is 98.5 Å². The zero-order valence-corrected chi connectivity index (χ0v) is 11.1. The zero-order valence-electron chi connectivity index (χ0n) is 11.1. The van der Waals surface area contributed by atoms with Crippen LogP contribution in [0.1, 0.15) is 40.5 Å². The molecule has 0 aromatic rings. The molecule has 0 heterocycles. The average molecular weight is 231 g/mol. The monoisotopic (exact) mass is 231 g/mol. The maximum Gasteiger partial charge on any atom is 0.322 e. The first-order valence-corrected chi connectivity index (χ1v) is 5.76. The molecular weight excluding hydrogens is 206 g/mol. The summed E-state index contributed by atoms with van der Waals surface area (Å²) in [7, 11) is 1.65. The van der Waals surface area contributed by atoms with Gasteiger partial charge in [0.2, 0.25) is 0 Å². The highest BCUT2D eigenvalue weighted by molar-refractivity contribution is 5.75. The molecule has 0 bridgehead atoms. The Morgan fingerprint density at radius 3 is 2.38 bits per heavy atom. The van der Waals surface area contributed by atoms with Crippen molar-refractivity contribution in [2.45, 2.75) is 52.2 Å². The van der Waals surface area contributed by atoms with Crippen molar-refractivity contribution in [2.24, 2.45) is 11.7 Å². The van der Waals surface area contributed by atoms with E-state index in [1.807, 2.05) is 27.7 Å². The number of carbonyl (C=O) groups is 1. The van der Waals surface area contributed by atoms with Crippen LogP contribution in [0.5, 0.6) is 0 Å². The minimum absolute atomic E-state index is 0.261. The van der Waals surface area contributed by atoms with E-state index in [0.717, 1.165) is 0 Å². The normalized spacial score (nSPS) is 13.9. The van der Waals surface area contributed by atoms with E-state index in [1.54, 1.807) is 7.11 Å². The molecule has 0 fully saturated rings. The predicted molar refractivity (Wildman–Crippen MR) is 64.1 cm³/mol. The van der Waals surface area contributed by atoms with Crippen LogP contribution in [0.25, 0.3) is 0 Å². The Balaban J connectivity index is 3.81. The zero-order chi connectivity index (χ0) is 12.8. The first-order valence-electron chi connectivity index (χ1n) is 5.76. The van der Waals surface area contributed by atoms with Crippen molar-refractivity contribution in [1.82, 2.24) is 0 Å². The van der Waals surface area contributed by atoms with Gasteiger partial charge in [0.1, 0.15) is 6.04 Å². The van der Waals surface area contributed by atoms with E-state index in [9.17, 15) is 4.79 Å². The molecule has 0 saturated carbocycles. The molecule has 4 heteroatoms. The Kier molecular flexibility index (Phi) is 6.60. The van der Waals surface area contributed by atoms with Gasteiger partial charge in [0.25, 0.3) is 0 Å². The maximum absolute atomic E-state index is 11.5. The molecule has 1 unspecified atom stereocenters. The lowest BCUT2D eigenvalue weighted by Crippen LogP contribution is -2.35. The fraction of sp³-hybridized carbons (Fsp3) is 0.917. The molecule has 1 atom stereocenters. The summed E-state index contributed by atoms with van der Waals surface area (Å²) in [6.45, 7) is 8.32. The van der Waals surface area contributed by atoms with Gasteiger partial charge in [0.15, 0.2) is 0 Å². The molecule has 0 spiro atoms. The molecule has 0 saturated heterocycles. The summed E-state index contributed by atoms with van der Waals surface area (Å²) in [5, 5.41) is 0. The van der Waals surface area contributed by atoms with Crippen molar-refractivity contribution in [3.8, 4) is 0 Å². The Bertz CT molecular complexity index is 214. The predicted octanol–water partition coefficient (Wildman–Crippen LogP) is 1.72. The smallest absolute Gasteiger partial charge is 0.322 e.